The lowest BCUT2D eigenvalue weighted by molar-refractivity contribution is -0.148. The van der Waals surface area contributed by atoms with Crippen LogP contribution in [0, 0.1) is 0 Å². The van der Waals surface area contributed by atoms with Crippen LogP contribution in [0.1, 0.15) is 19.8 Å². The first-order valence-corrected chi connectivity index (χ1v) is 7.82. The normalized spacial score (nSPS) is 17.5. The molecule has 0 aromatic rings. The summed E-state index contributed by atoms with van der Waals surface area (Å²) in [4.78, 5) is 58.7. The number of nitrogens with two attached hydrogens (primary N) is 1. The summed E-state index contributed by atoms with van der Waals surface area (Å²) in [6.07, 6.45) is 0.980. The van der Waals surface area contributed by atoms with Gasteiger partial charge in [0.15, 0.2) is 0 Å². The van der Waals surface area contributed by atoms with E-state index in [-0.39, 0.29) is 19.6 Å². The number of rotatable bonds is 8. The van der Waals surface area contributed by atoms with E-state index in [0.29, 0.717) is 19.4 Å². The molecule has 0 aliphatic carbocycles. The van der Waals surface area contributed by atoms with Gasteiger partial charge in [-0.3, -0.25) is 19.2 Å². The molecule has 11 heteroatoms. The molecule has 0 aromatic carbocycles. The van der Waals surface area contributed by atoms with Crippen molar-refractivity contribution in [2.75, 3.05) is 26.2 Å². The van der Waals surface area contributed by atoms with Gasteiger partial charge < -0.3 is 31.7 Å². The summed E-state index contributed by atoms with van der Waals surface area (Å²) in [7, 11) is 0. The van der Waals surface area contributed by atoms with Crippen LogP contribution >= 0.6 is 0 Å². The van der Waals surface area contributed by atoms with Crippen molar-refractivity contribution in [3.05, 3.63) is 0 Å². The molecule has 4 amide bonds. The van der Waals surface area contributed by atoms with Crippen molar-refractivity contribution in [1.82, 2.24) is 20.9 Å². The van der Waals surface area contributed by atoms with Crippen molar-refractivity contribution < 1.29 is 29.1 Å². The van der Waals surface area contributed by atoms with Crippen LogP contribution in [0.2, 0.25) is 0 Å². The largest absolute Gasteiger partial charge is 0.480 e. The average molecular weight is 357 g/mol. The number of carbonyl (C=O) groups excluding carboxylic acids is 4. The van der Waals surface area contributed by atoms with Crippen LogP contribution in [0.3, 0.4) is 0 Å². The van der Waals surface area contributed by atoms with Gasteiger partial charge in [0.05, 0.1) is 19.6 Å². The van der Waals surface area contributed by atoms with Crippen LogP contribution in [-0.2, 0) is 24.0 Å². The molecule has 0 bridgehead atoms. The molecule has 0 saturated carbocycles. The topological polar surface area (TPSA) is 171 Å². The van der Waals surface area contributed by atoms with Crippen molar-refractivity contribution in [1.29, 1.82) is 0 Å². The maximum Gasteiger partial charge on any atom is 0.326 e. The lowest BCUT2D eigenvalue weighted by atomic mass is 10.2. The molecule has 1 saturated heterocycles. The van der Waals surface area contributed by atoms with E-state index in [2.05, 4.69) is 16.0 Å². The van der Waals surface area contributed by atoms with Crippen molar-refractivity contribution in [2.24, 2.45) is 5.73 Å². The summed E-state index contributed by atoms with van der Waals surface area (Å²) >= 11 is 0. The summed E-state index contributed by atoms with van der Waals surface area (Å²) in [5.41, 5.74) is 5.08. The fraction of sp³-hybridized carbons (Fsp3) is 0.643. The molecule has 1 aliphatic heterocycles. The Bertz CT molecular complexity index is 552. The fourth-order valence-corrected chi connectivity index (χ4v) is 2.35. The van der Waals surface area contributed by atoms with Gasteiger partial charge in [0.2, 0.25) is 23.6 Å². The van der Waals surface area contributed by atoms with Gasteiger partial charge in [0, 0.05) is 6.54 Å². The van der Waals surface area contributed by atoms with Crippen molar-refractivity contribution in [2.45, 2.75) is 31.8 Å². The van der Waals surface area contributed by atoms with E-state index < -0.39 is 41.7 Å². The second kappa shape index (κ2) is 9.57. The SMILES string of the molecule is C[C@H](NC(=O)CNC(=O)CN)C(=O)NCC(=O)N1CCC[C@H]1C(=O)O. The summed E-state index contributed by atoms with van der Waals surface area (Å²) in [6.45, 7) is 0.823. The highest BCUT2D eigenvalue weighted by atomic mass is 16.4. The maximum atomic E-state index is 12.0. The van der Waals surface area contributed by atoms with Gasteiger partial charge in [0.25, 0.3) is 0 Å². The average Bonchev–Trinajstić information content (AvgIpc) is 3.07. The quantitative estimate of drug-likeness (QED) is 0.304. The standard InChI is InChI=1S/C14H23N5O6/c1-8(18-11(21)6-16-10(20)5-15)13(23)17-7-12(22)19-4-2-3-9(19)14(24)25/h8-9H,2-7,15H2,1H3,(H,16,20)(H,17,23)(H,18,21)(H,24,25)/t8-,9-/m0/s1. The Balaban J connectivity index is 2.37. The molecule has 0 aromatic heterocycles. The minimum Gasteiger partial charge on any atom is -0.480 e. The summed E-state index contributed by atoms with van der Waals surface area (Å²) in [6, 6.07) is -1.79. The Labute approximate surface area is 144 Å². The summed E-state index contributed by atoms with van der Waals surface area (Å²) in [5.74, 6) is -3.25. The third-order valence-electron chi connectivity index (χ3n) is 3.67. The molecule has 0 radical (unpaired) electrons. The molecule has 11 nitrogen and oxygen atoms in total. The molecular weight excluding hydrogens is 334 g/mol. The van der Waals surface area contributed by atoms with Gasteiger partial charge in [0.1, 0.15) is 12.1 Å². The predicted molar refractivity (Wildman–Crippen MR) is 85.0 cm³/mol. The van der Waals surface area contributed by atoms with E-state index in [4.69, 9.17) is 10.8 Å². The zero-order chi connectivity index (χ0) is 19.0. The molecule has 140 valence electrons. The molecule has 1 aliphatic rings. The number of carboxylic acids is 1. The fourth-order valence-electron chi connectivity index (χ4n) is 2.35. The number of hydrogen-bond acceptors (Lipinski definition) is 6. The third-order valence-corrected chi connectivity index (χ3v) is 3.67. The van der Waals surface area contributed by atoms with Gasteiger partial charge in [-0.25, -0.2) is 4.79 Å². The molecule has 0 unspecified atom stereocenters. The van der Waals surface area contributed by atoms with E-state index in [0.717, 1.165) is 0 Å². The summed E-state index contributed by atoms with van der Waals surface area (Å²) in [5, 5.41) is 16.0. The number of likely N-dealkylation sites (tertiary alicyclic amines) is 1. The van der Waals surface area contributed by atoms with Crippen LogP contribution in [-0.4, -0.2) is 77.9 Å². The van der Waals surface area contributed by atoms with E-state index in [1.54, 1.807) is 0 Å². The molecule has 1 fully saturated rings. The minimum atomic E-state index is -1.07. The first-order valence-electron chi connectivity index (χ1n) is 7.82. The van der Waals surface area contributed by atoms with Crippen molar-refractivity contribution in [3.8, 4) is 0 Å². The maximum absolute atomic E-state index is 12.0. The minimum absolute atomic E-state index is 0.251. The third kappa shape index (κ3) is 6.37. The number of carboxylic acid groups (broad SMARTS) is 1. The van der Waals surface area contributed by atoms with Gasteiger partial charge in [-0.1, -0.05) is 0 Å². The molecule has 1 rings (SSSR count). The number of amides is 4. The highest BCUT2D eigenvalue weighted by Crippen LogP contribution is 2.17. The Morgan fingerprint density at radius 3 is 2.44 bits per heavy atom. The summed E-state index contributed by atoms with van der Waals surface area (Å²) < 4.78 is 0. The molecular formula is C14H23N5O6. The lowest BCUT2D eigenvalue weighted by Crippen LogP contribution is -2.51. The second-order valence-electron chi connectivity index (χ2n) is 5.57. The van der Waals surface area contributed by atoms with E-state index in [9.17, 15) is 24.0 Å². The number of carbonyl (C=O) groups is 5. The Hall–Kier alpha value is -2.69. The molecule has 1 heterocycles. The number of hydrogen-bond donors (Lipinski definition) is 5. The zero-order valence-electron chi connectivity index (χ0n) is 13.9. The van der Waals surface area contributed by atoms with Crippen LogP contribution < -0.4 is 21.7 Å². The van der Waals surface area contributed by atoms with Crippen LogP contribution in [0.5, 0.6) is 0 Å². The smallest absolute Gasteiger partial charge is 0.326 e. The molecule has 2 atom stereocenters. The first-order chi connectivity index (χ1) is 11.8. The zero-order valence-corrected chi connectivity index (χ0v) is 13.9. The van der Waals surface area contributed by atoms with Crippen molar-refractivity contribution in [3.63, 3.8) is 0 Å². The Morgan fingerprint density at radius 1 is 1.16 bits per heavy atom. The highest BCUT2D eigenvalue weighted by molar-refractivity contribution is 5.92. The van der Waals surface area contributed by atoms with E-state index in [1.807, 2.05) is 0 Å². The Morgan fingerprint density at radius 2 is 1.84 bits per heavy atom. The molecule has 25 heavy (non-hydrogen) atoms. The van der Waals surface area contributed by atoms with E-state index >= 15 is 0 Å². The highest BCUT2D eigenvalue weighted by Gasteiger charge is 2.33. The number of aliphatic carboxylic acids is 1. The van der Waals surface area contributed by atoms with Gasteiger partial charge in [-0.15, -0.1) is 0 Å². The Kier molecular flexibility index (Phi) is 7.79. The number of nitrogens with one attached hydrogen (secondary N) is 3. The second-order valence-corrected chi connectivity index (χ2v) is 5.57. The monoisotopic (exact) mass is 357 g/mol. The van der Waals surface area contributed by atoms with Gasteiger partial charge in [-0.2, -0.15) is 0 Å². The van der Waals surface area contributed by atoms with Crippen molar-refractivity contribution >= 4 is 29.6 Å². The molecule has 0 spiro atoms. The predicted octanol–water partition coefficient (Wildman–Crippen LogP) is -3.24. The van der Waals surface area contributed by atoms with Gasteiger partial charge >= 0.3 is 5.97 Å². The van der Waals surface area contributed by atoms with Crippen LogP contribution in [0.25, 0.3) is 0 Å². The number of nitrogens with zero attached hydrogens (tertiary/aromatic N) is 1. The van der Waals surface area contributed by atoms with Gasteiger partial charge in [-0.05, 0) is 19.8 Å². The van der Waals surface area contributed by atoms with Crippen LogP contribution in [0.4, 0.5) is 0 Å². The lowest BCUT2D eigenvalue weighted by Gasteiger charge is -2.22. The first kappa shape index (κ1) is 20.4. The van der Waals surface area contributed by atoms with E-state index in [1.165, 1.54) is 11.8 Å². The molecule has 6 N–H and O–H groups in total. The van der Waals surface area contributed by atoms with Crippen LogP contribution in [0.15, 0.2) is 0 Å².